The number of carbonyl (C=O) groups excluding carboxylic acids is 1. The lowest BCUT2D eigenvalue weighted by Crippen LogP contribution is -2.13. The SMILES string of the molecule is CC(C)Cc1ccc(-c2cc(C(=O)Nc3ccc(C(C)C)cc3)c3ccccc3n2)cc1. The number of pyridine rings is 1. The zero-order valence-corrected chi connectivity index (χ0v) is 19.2. The fourth-order valence-corrected chi connectivity index (χ4v) is 3.94. The van der Waals surface area contributed by atoms with Crippen LogP contribution >= 0.6 is 0 Å². The molecule has 0 radical (unpaired) electrons. The average Bonchev–Trinajstić information content (AvgIpc) is 2.78. The molecule has 1 aromatic heterocycles. The number of fused-ring (bicyclic) bond motifs is 1. The number of benzene rings is 3. The summed E-state index contributed by atoms with van der Waals surface area (Å²) in [6, 6.07) is 26.3. The minimum atomic E-state index is -0.126. The van der Waals surface area contributed by atoms with Crippen LogP contribution < -0.4 is 5.32 Å². The van der Waals surface area contributed by atoms with Crippen LogP contribution in [0, 0.1) is 5.92 Å². The molecule has 1 N–H and O–H groups in total. The van der Waals surface area contributed by atoms with E-state index in [0.717, 1.165) is 34.3 Å². The first-order valence-electron chi connectivity index (χ1n) is 11.3. The van der Waals surface area contributed by atoms with Gasteiger partial charge in [0.05, 0.1) is 16.8 Å². The Morgan fingerprint density at radius 3 is 2.22 bits per heavy atom. The highest BCUT2D eigenvalue weighted by Gasteiger charge is 2.14. The molecule has 162 valence electrons. The molecule has 3 heteroatoms. The fourth-order valence-electron chi connectivity index (χ4n) is 3.94. The van der Waals surface area contributed by atoms with Crippen molar-refractivity contribution in [1.82, 2.24) is 4.98 Å². The van der Waals surface area contributed by atoms with E-state index in [9.17, 15) is 4.79 Å². The first-order valence-corrected chi connectivity index (χ1v) is 11.3. The van der Waals surface area contributed by atoms with Crippen LogP contribution in [0.15, 0.2) is 78.9 Å². The second-order valence-corrected chi connectivity index (χ2v) is 9.10. The summed E-state index contributed by atoms with van der Waals surface area (Å²) in [5.41, 5.74) is 6.62. The van der Waals surface area contributed by atoms with Gasteiger partial charge in [-0.05, 0) is 53.6 Å². The summed E-state index contributed by atoms with van der Waals surface area (Å²) < 4.78 is 0. The van der Waals surface area contributed by atoms with Gasteiger partial charge < -0.3 is 5.32 Å². The number of hydrogen-bond acceptors (Lipinski definition) is 2. The molecule has 0 spiro atoms. The van der Waals surface area contributed by atoms with Crippen LogP contribution in [0.5, 0.6) is 0 Å². The number of anilines is 1. The molecule has 1 amide bonds. The zero-order chi connectivity index (χ0) is 22.7. The number of nitrogens with zero attached hydrogens (tertiary/aromatic N) is 1. The highest BCUT2D eigenvalue weighted by atomic mass is 16.1. The summed E-state index contributed by atoms with van der Waals surface area (Å²) in [6.07, 6.45) is 1.05. The summed E-state index contributed by atoms with van der Waals surface area (Å²) >= 11 is 0. The minimum absolute atomic E-state index is 0.126. The smallest absolute Gasteiger partial charge is 0.256 e. The van der Waals surface area contributed by atoms with Crippen LogP contribution in [0.2, 0.25) is 0 Å². The molecule has 0 aliphatic rings. The van der Waals surface area contributed by atoms with Crippen LogP contribution in [-0.4, -0.2) is 10.9 Å². The van der Waals surface area contributed by atoms with Crippen LogP contribution in [0.3, 0.4) is 0 Å². The summed E-state index contributed by atoms with van der Waals surface area (Å²) in [7, 11) is 0. The van der Waals surface area contributed by atoms with E-state index in [2.05, 4.69) is 69.4 Å². The Labute approximate surface area is 190 Å². The number of para-hydroxylation sites is 1. The highest BCUT2D eigenvalue weighted by Crippen LogP contribution is 2.27. The summed E-state index contributed by atoms with van der Waals surface area (Å²) in [5.74, 6) is 0.946. The normalized spacial score (nSPS) is 11.3. The fraction of sp³-hybridized carbons (Fsp3) is 0.241. The maximum atomic E-state index is 13.3. The topological polar surface area (TPSA) is 42.0 Å². The van der Waals surface area contributed by atoms with Gasteiger partial charge in [0, 0.05) is 16.6 Å². The second kappa shape index (κ2) is 9.35. The lowest BCUT2D eigenvalue weighted by atomic mass is 9.99. The van der Waals surface area contributed by atoms with Gasteiger partial charge >= 0.3 is 0 Å². The van der Waals surface area contributed by atoms with Crippen molar-refractivity contribution in [3.05, 3.63) is 95.6 Å². The van der Waals surface area contributed by atoms with E-state index in [1.165, 1.54) is 11.1 Å². The molecule has 1 heterocycles. The highest BCUT2D eigenvalue weighted by molar-refractivity contribution is 6.13. The molecule has 3 nitrogen and oxygen atoms in total. The Morgan fingerprint density at radius 2 is 1.56 bits per heavy atom. The number of rotatable bonds is 6. The van der Waals surface area contributed by atoms with Gasteiger partial charge in [0.15, 0.2) is 0 Å². The second-order valence-electron chi connectivity index (χ2n) is 9.10. The third kappa shape index (κ3) is 4.88. The van der Waals surface area contributed by atoms with E-state index in [4.69, 9.17) is 4.98 Å². The van der Waals surface area contributed by atoms with Crippen LogP contribution in [0.25, 0.3) is 22.2 Å². The van der Waals surface area contributed by atoms with Gasteiger partial charge in [-0.1, -0.05) is 82.3 Å². The molecule has 4 rings (SSSR count). The van der Waals surface area contributed by atoms with E-state index in [0.29, 0.717) is 17.4 Å². The van der Waals surface area contributed by atoms with Crippen molar-refractivity contribution in [2.45, 2.75) is 40.0 Å². The van der Waals surface area contributed by atoms with Crippen LogP contribution in [-0.2, 0) is 6.42 Å². The van der Waals surface area contributed by atoms with Crippen molar-refractivity contribution in [3.8, 4) is 11.3 Å². The van der Waals surface area contributed by atoms with Crippen LogP contribution in [0.1, 0.15) is 55.1 Å². The van der Waals surface area contributed by atoms with E-state index in [-0.39, 0.29) is 5.91 Å². The van der Waals surface area contributed by atoms with E-state index < -0.39 is 0 Å². The molecule has 0 unspecified atom stereocenters. The number of amides is 1. The molecule has 3 aromatic carbocycles. The van der Waals surface area contributed by atoms with Crippen LogP contribution in [0.4, 0.5) is 5.69 Å². The van der Waals surface area contributed by atoms with Gasteiger partial charge in [-0.25, -0.2) is 4.98 Å². The monoisotopic (exact) mass is 422 g/mol. The van der Waals surface area contributed by atoms with E-state index in [1.54, 1.807) is 0 Å². The summed E-state index contributed by atoms with van der Waals surface area (Å²) in [4.78, 5) is 18.1. The van der Waals surface area contributed by atoms with E-state index in [1.807, 2.05) is 42.5 Å². The first kappa shape index (κ1) is 21.8. The van der Waals surface area contributed by atoms with Gasteiger partial charge in [-0.15, -0.1) is 0 Å². The summed E-state index contributed by atoms with van der Waals surface area (Å²) in [5, 5.41) is 3.91. The summed E-state index contributed by atoms with van der Waals surface area (Å²) in [6.45, 7) is 8.77. The number of hydrogen-bond donors (Lipinski definition) is 1. The number of nitrogens with one attached hydrogen (secondary N) is 1. The minimum Gasteiger partial charge on any atom is -0.322 e. The molecule has 0 atom stereocenters. The Bertz CT molecular complexity index is 1220. The quantitative estimate of drug-likeness (QED) is 0.350. The van der Waals surface area contributed by atoms with Crippen molar-refractivity contribution < 1.29 is 4.79 Å². The van der Waals surface area contributed by atoms with Gasteiger partial charge in [0.2, 0.25) is 0 Å². The molecule has 0 bridgehead atoms. The Balaban J connectivity index is 1.68. The predicted molar refractivity (Wildman–Crippen MR) is 134 cm³/mol. The number of carbonyl (C=O) groups is 1. The lowest BCUT2D eigenvalue weighted by molar-refractivity contribution is 0.102. The van der Waals surface area contributed by atoms with Crippen molar-refractivity contribution in [3.63, 3.8) is 0 Å². The van der Waals surface area contributed by atoms with Gasteiger partial charge in [0.1, 0.15) is 0 Å². The van der Waals surface area contributed by atoms with Gasteiger partial charge in [-0.2, -0.15) is 0 Å². The Hall–Kier alpha value is -3.46. The molecule has 0 aliphatic carbocycles. The molecule has 0 aliphatic heterocycles. The average molecular weight is 423 g/mol. The van der Waals surface area contributed by atoms with Crippen molar-refractivity contribution in [2.75, 3.05) is 5.32 Å². The molecular weight excluding hydrogens is 392 g/mol. The molecular formula is C29H30N2O. The Morgan fingerprint density at radius 1 is 0.875 bits per heavy atom. The maximum absolute atomic E-state index is 13.3. The van der Waals surface area contributed by atoms with Crippen molar-refractivity contribution >= 4 is 22.5 Å². The lowest BCUT2D eigenvalue weighted by Gasteiger charge is -2.12. The zero-order valence-electron chi connectivity index (χ0n) is 19.2. The largest absolute Gasteiger partial charge is 0.322 e. The third-order valence-corrected chi connectivity index (χ3v) is 5.69. The molecule has 32 heavy (non-hydrogen) atoms. The van der Waals surface area contributed by atoms with Gasteiger partial charge in [-0.3, -0.25) is 4.79 Å². The molecule has 0 saturated carbocycles. The predicted octanol–water partition coefficient (Wildman–Crippen LogP) is 7.48. The molecule has 0 saturated heterocycles. The first-order chi connectivity index (χ1) is 15.4. The van der Waals surface area contributed by atoms with Crippen molar-refractivity contribution in [2.24, 2.45) is 5.92 Å². The third-order valence-electron chi connectivity index (χ3n) is 5.69. The van der Waals surface area contributed by atoms with Gasteiger partial charge in [0.25, 0.3) is 5.91 Å². The maximum Gasteiger partial charge on any atom is 0.256 e. The standard InChI is InChI=1S/C29H30N2O/c1-19(2)17-21-9-11-23(12-10-21)28-18-26(25-7-5-6-8-27(25)31-28)29(32)30-24-15-13-22(14-16-24)20(3)4/h5-16,18-20H,17H2,1-4H3,(H,30,32). The Kier molecular flexibility index (Phi) is 6.36. The number of aromatic nitrogens is 1. The van der Waals surface area contributed by atoms with Crippen molar-refractivity contribution in [1.29, 1.82) is 0 Å². The molecule has 4 aromatic rings. The van der Waals surface area contributed by atoms with E-state index >= 15 is 0 Å². The molecule has 0 fully saturated rings.